The van der Waals surface area contributed by atoms with Crippen molar-refractivity contribution >= 4 is 62.2 Å². The average Bonchev–Trinajstić information content (AvgIpc) is 2.31. The standard InChI is InChI=1S/C11H23N2PS4/c1-6-12(7-2)10(15)17-14(5)18-11(16)13(8-3)9-4/h6-9H2,1-5H3. The summed E-state index contributed by atoms with van der Waals surface area (Å²) in [6, 6.07) is 0. The molecule has 0 saturated heterocycles. The molecule has 0 rings (SSSR count). The molecule has 0 aliphatic carbocycles. The monoisotopic (exact) mass is 342 g/mol. The Morgan fingerprint density at radius 1 is 0.833 bits per heavy atom. The molecule has 0 aromatic heterocycles. The second-order valence-electron chi connectivity index (χ2n) is 3.50. The van der Waals surface area contributed by atoms with E-state index >= 15 is 0 Å². The molecule has 0 radical (unpaired) electrons. The van der Waals surface area contributed by atoms with Crippen molar-refractivity contribution < 1.29 is 0 Å². The van der Waals surface area contributed by atoms with Gasteiger partial charge < -0.3 is 9.80 Å². The predicted molar refractivity (Wildman–Crippen MR) is 99.1 cm³/mol. The quantitative estimate of drug-likeness (QED) is 0.508. The molecule has 106 valence electrons. The van der Waals surface area contributed by atoms with Gasteiger partial charge in [-0.3, -0.25) is 0 Å². The van der Waals surface area contributed by atoms with Gasteiger partial charge in [-0.05, 0) is 34.4 Å². The zero-order valence-electron chi connectivity index (χ0n) is 11.8. The lowest BCUT2D eigenvalue weighted by Gasteiger charge is -2.25. The molecule has 0 spiro atoms. The molecule has 0 heterocycles. The maximum atomic E-state index is 5.46. The van der Waals surface area contributed by atoms with Gasteiger partial charge in [0.2, 0.25) is 0 Å². The average molecular weight is 343 g/mol. The van der Waals surface area contributed by atoms with Crippen LogP contribution >= 0.6 is 53.5 Å². The molecule has 0 aliphatic heterocycles. The summed E-state index contributed by atoms with van der Waals surface area (Å²) in [5.41, 5.74) is 0. The molecule has 0 aliphatic rings. The fourth-order valence-corrected chi connectivity index (χ4v) is 9.65. The Bertz CT molecular complexity index is 242. The van der Waals surface area contributed by atoms with Gasteiger partial charge in [-0.25, -0.2) is 0 Å². The first-order valence-corrected chi connectivity index (χ1v) is 11.6. The van der Waals surface area contributed by atoms with Crippen LogP contribution in [-0.2, 0) is 0 Å². The SMILES string of the molecule is CCN(CC)C(=S)SP(C)SC(=S)N(CC)CC. The van der Waals surface area contributed by atoms with Gasteiger partial charge in [0.05, 0.1) is 0 Å². The number of rotatable bonds is 6. The maximum Gasteiger partial charge on any atom is 0.141 e. The number of hydrogen-bond donors (Lipinski definition) is 0. The van der Waals surface area contributed by atoms with Crippen LogP contribution in [0.3, 0.4) is 0 Å². The van der Waals surface area contributed by atoms with E-state index in [1.807, 2.05) is 0 Å². The summed E-state index contributed by atoms with van der Waals surface area (Å²) in [6.45, 7) is 14.7. The Hall–Kier alpha value is 0.910. The van der Waals surface area contributed by atoms with Crippen LogP contribution in [0.25, 0.3) is 0 Å². The number of hydrogen-bond acceptors (Lipinski definition) is 4. The Morgan fingerprint density at radius 2 is 1.11 bits per heavy atom. The lowest BCUT2D eigenvalue weighted by Crippen LogP contribution is -2.27. The Labute approximate surface area is 132 Å². The van der Waals surface area contributed by atoms with E-state index in [0.29, 0.717) is 0 Å². The third-order valence-electron chi connectivity index (χ3n) is 2.46. The van der Waals surface area contributed by atoms with Gasteiger partial charge >= 0.3 is 0 Å². The normalized spacial score (nSPS) is 10.6. The lowest BCUT2D eigenvalue weighted by molar-refractivity contribution is 0.482. The summed E-state index contributed by atoms with van der Waals surface area (Å²) < 4.78 is 2.01. The highest BCUT2D eigenvalue weighted by atomic mass is 33.1. The molecule has 18 heavy (non-hydrogen) atoms. The van der Waals surface area contributed by atoms with Crippen molar-refractivity contribution in [3.8, 4) is 0 Å². The van der Waals surface area contributed by atoms with Crippen molar-refractivity contribution in [2.24, 2.45) is 0 Å². The molecular weight excluding hydrogens is 319 g/mol. The third kappa shape index (κ3) is 6.90. The van der Waals surface area contributed by atoms with Crippen molar-refractivity contribution in [1.29, 1.82) is 0 Å². The van der Waals surface area contributed by atoms with E-state index in [-0.39, 0.29) is 6.33 Å². The molecular formula is C11H23N2PS4. The molecule has 0 N–H and O–H groups in total. The fraction of sp³-hybridized carbons (Fsp3) is 0.818. The van der Waals surface area contributed by atoms with Gasteiger partial charge in [0.1, 0.15) is 8.64 Å². The minimum absolute atomic E-state index is 0.280. The van der Waals surface area contributed by atoms with Crippen LogP contribution in [0, 0.1) is 0 Å². The number of nitrogens with zero attached hydrogens (tertiary/aromatic N) is 2. The zero-order chi connectivity index (χ0) is 14.1. The largest absolute Gasteiger partial charge is 0.358 e. The Balaban J connectivity index is 4.22. The van der Waals surface area contributed by atoms with Gasteiger partial charge in [0.15, 0.2) is 0 Å². The van der Waals surface area contributed by atoms with Crippen LogP contribution in [0.1, 0.15) is 27.7 Å². The van der Waals surface area contributed by atoms with Crippen molar-refractivity contribution in [1.82, 2.24) is 9.80 Å². The minimum Gasteiger partial charge on any atom is -0.358 e. The molecule has 0 amide bonds. The zero-order valence-corrected chi connectivity index (χ0v) is 16.0. The second-order valence-corrected chi connectivity index (χ2v) is 11.9. The molecule has 0 bridgehead atoms. The topological polar surface area (TPSA) is 6.48 Å². The maximum absolute atomic E-state index is 5.46. The first-order chi connectivity index (χ1) is 8.49. The minimum atomic E-state index is -0.280. The molecule has 2 nitrogen and oxygen atoms in total. The van der Waals surface area contributed by atoms with Crippen molar-refractivity contribution in [2.75, 3.05) is 32.8 Å². The van der Waals surface area contributed by atoms with Gasteiger partial charge in [-0.15, -0.1) is 0 Å². The summed E-state index contributed by atoms with van der Waals surface area (Å²) in [6.07, 6.45) is -0.280. The van der Waals surface area contributed by atoms with Crippen molar-refractivity contribution in [2.45, 2.75) is 27.7 Å². The van der Waals surface area contributed by atoms with Crippen LogP contribution in [0.4, 0.5) is 0 Å². The van der Waals surface area contributed by atoms with E-state index in [0.717, 1.165) is 34.8 Å². The molecule has 0 aromatic rings. The van der Waals surface area contributed by atoms with Crippen molar-refractivity contribution in [3.63, 3.8) is 0 Å². The summed E-state index contributed by atoms with van der Waals surface area (Å²) in [7, 11) is 0. The molecule has 0 saturated carbocycles. The molecule has 0 aromatic carbocycles. The molecule has 0 fully saturated rings. The summed E-state index contributed by atoms with van der Waals surface area (Å²) in [4.78, 5) is 4.44. The van der Waals surface area contributed by atoms with Crippen LogP contribution in [0.15, 0.2) is 0 Å². The highest BCUT2D eigenvalue weighted by molar-refractivity contribution is 8.95. The molecule has 0 unspecified atom stereocenters. The fourth-order valence-electron chi connectivity index (χ4n) is 1.32. The predicted octanol–water partition coefficient (Wildman–Crippen LogP) is 4.65. The van der Waals surface area contributed by atoms with Gasteiger partial charge in [0.25, 0.3) is 0 Å². The smallest absolute Gasteiger partial charge is 0.141 e. The second kappa shape index (κ2) is 10.7. The first-order valence-electron chi connectivity index (χ1n) is 6.17. The van der Waals surface area contributed by atoms with E-state index < -0.39 is 0 Å². The highest BCUT2D eigenvalue weighted by Gasteiger charge is 2.15. The lowest BCUT2D eigenvalue weighted by atomic mass is 10.6. The number of thiocarbonyl (C=S) groups is 2. The summed E-state index contributed by atoms with van der Waals surface area (Å²) in [5.74, 6) is 0. The van der Waals surface area contributed by atoms with E-state index in [4.69, 9.17) is 24.4 Å². The van der Waals surface area contributed by atoms with Crippen LogP contribution in [-0.4, -0.2) is 51.3 Å². The third-order valence-corrected chi connectivity index (χ3v) is 9.48. The van der Waals surface area contributed by atoms with Gasteiger partial charge in [-0.1, -0.05) is 47.2 Å². The van der Waals surface area contributed by atoms with Crippen LogP contribution in [0.5, 0.6) is 0 Å². The molecule has 7 heteroatoms. The van der Waals surface area contributed by atoms with E-state index in [9.17, 15) is 0 Å². The van der Waals surface area contributed by atoms with Gasteiger partial charge in [0, 0.05) is 32.5 Å². The first kappa shape index (κ1) is 18.9. The van der Waals surface area contributed by atoms with E-state index in [2.05, 4.69) is 44.2 Å². The summed E-state index contributed by atoms with van der Waals surface area (Å²) >= 11 is 14.5. The van der Waals surface area contributed by atoms with Crippen LogP contribution < -0.4 is 0 Å². The van der Waals surface area contributed by atoms with E-state index in [1.165, 1.54) is 0 Å². The highest BCUT2D eigenvalue weighted by Crippen LogP contribution is 2.59. The van der Waals surface area contributed by atoms with Crippen LogP contribution in [0.2, 0.25) is 0 Å². The van der Waals surface area contributed by atoms with Crippen molar-refractivity contribution in [3.05, 3.63) is 0 Å². The van der Waals surface area contributed by atoms with Gasteiger partial charge in [-0.2, -0.15) is 0 Å². The van der Waals surface area contributed by atoms with E-state index in [1.54, 1.807) is 22.8 Å². The Morgan fingerprint density at radius 3 is 1.33 bits per heavy atom. The Kier molecular flexibility index (Phi) is 11.2. The molecule has 0 atom stereocenters. The summed E-state index contributed by atoms with van der Waals surface area (Å²) in [5, 5.41) is 0.